The van der Waals surface area contributed by atoms with Crippen LogP contribution in [0.2, 0.25) is 0 Å². The van der Waals surface area contributed by atoms with Crippen LogP contribution in [-0.4, -0.2) is 27.2 Å². The minimum atomic E-state index is -0.451. The predicted octanol–water partition coefficient (Wildman–Crippen LogP) is 3.65. The average Bonchev–Trinajstić information content (AvgIpc) is 2.78. The van der Waals surface area contributed by atoms with E-state index in [9.17, 15) is 10.1 Å². The smallest absolute Gasteiger partial charge is 0.263 e. The van der Waals surface area contributed by atoms with Crippen molar-refractivity contribution in [2.75, 3.05) is 21.3 Å². The Bertz CT molecular complexity index is 932. The molecule has 0 aliphatic rings. The summed E-state index contributed by atoms with van der Waals surface area (Å²) in [7, 11) is 4.74. The van der Waals surface area contributed by atoms with Gasteiger partial charge in [-0.1, -0.05) is 18.2 Å². The SMILES string of the molecule is COc1ccc(C(C)NC(=O)/C(C#N)=C\NC(C)c2ccc(OC)c(OC)c2)cc1. The molecule has 0 radical (unpaired) electrons. The van der Waals surface area contributed by atoms with Crippen molar-refractivity contribution < 1.29 is 19.0 Å². The maximum Gasteiger partial charge on any atom is 0.263 e. The molecule has 2 atom stereocenters. The molecule has 158 valence electrons. The summed E-state index contributed by atoms with van der Waals surface area (Å²) in [6.45, 7) is 3.78. The van der Waals surface area contributed by atoms with Crippen molar-refractivity contribution in [1.82, 2.24) is 10.6 Å². The Kier molecular flexibility index (Phi) is 8.12. The Hall–Kier alpha value is -3.66. The molecule has 2 rings (SSSR count). The third kappa shape index (κ3) is 5.67. The summed E-state index contributed by atoms with van der Waals surface area (Å²) in [5.41, 5.74) is 1.82. The fourth-order valence-electron chi connectivity index (χ4n) is 2.83. The molecule has 0 saturated heterocycles. The highest BCUT2D eigenvalue weighted by Crippen LogP contribution is 2.29. The summed E-state index contributed by atoms with van der Waals surface area (Å²) in [5, 5.41) is 15.3. The first-order valence-corrected chi connectivity index (χ1v) is 9.46. The maximum absolute atomic E-state index is 12.5. The molecule has 1 amide bonds. The molecule has 0 aliphatic heterocycles. The standard InChI is InChI=1S/C23H27N3O4/c1-15(18-8-11-21(29-4)22(12-18)30-5)25-14-19(13-24)23(27)26-16(2)17-6-9-20(28-3)10-7-17/h6-12,14-16,25H,1-5H3,(H,26,27)/b19-14-. The van der Waals surface area contributed by atoms with Crippen LogP contribution in [0.4, 0.5) is 0 Å². The van der Waals surface area contributed by atoms with Crippen molar-refractivity contribution in [1.29, 1.82) is 5.26 Å². The van der Waals surface area contributed by atoms with Crippen molar-refractivity contribution in [2.45, 2.75) is 25.9 Å². The van der Waals surface area contributed by atoms with Crippen molar-refractivity contribution in [2.24, 2.45) is 0 Å². The second-order valence-electron chi connectivity index (χ2n) is 6.64. The molecule has 7 nitrogen and oxygen atoms in total. The van der Waals surface area contributed by atoms with Crippen LogP contribution < -0.4 is 24.8 Å². The van der Waals surface area contributed by atoms with E-state index in [1.54, 1.807) is 21.3 Å². The molecule has 0 spiro atoms. The summed E-state index contributed by atoms with van der Waals surface area (Å²) >= 11 is 0. The lowest BCUT2D eigenvalue weighted by atomic mass is 10.1. The van der Waals surface area contributed by atoms with E-state index in [1.165, 1.54) is 6.20 Å². The van der Waals surface area contributed by atoms with Gasteiger partial charge in [-0.3, -0.25) is 4.79 Å². The zero-order valence-corrected chi connectivity index (χ0v) is 17.9. The van der Waals surface area contributed by atoms with Crippen LogP contribution in [-0.2, 0) is 4.79 Å². The van der Waals surface area contributed by atoms with Gasteiger partial charge in [-0.25, -0.2) is 0 Å². The molecular weight excluding hydrogens is 382 g/mol. The largest absolute Gasteiger partial charge is 0.497 e. The summed E-state index contributed by atoms with van der Waals surface area (Å²) in [6, 6.07) is 14.5. The van der Waals surface area contributed by atoms with E-state index in [1.807, 2.05) is 62.4 Å². The highest BCUT2D eigenvalue weighted by molar-refractivity contribution is 5.97. The van der Waals surface area contributed by atoms with Crippen LogP contribution in [0.15, 0.2) is 54.2 Å². The lowest BCUT2D eigenvalue weighted by Crippen LogP contribution is -2.28. The van der Waals surface area contributed by atoms with Crippen LogP contribution in [0.25, 0.3) is 0 Å². The van der Waals surface area contributed by atoms with E-state index >= 15 is 0 Å². The molecule has 2 N–H and O–H groups in total. The van der Waals surface area contributed by atoms with Crippen molar-refractivity contribution >= 4 is 5.91 Å². The van der Waals surface area contributed by atoms with E-state index in [0.717, 1.165) is 16.9 Å². The van der Waals surface area contributed by atoms with Crippen molar-refractivity contribution in [3.63, 3.8) is 0 Å². The van der Waals surface area contributed by atoms with Crippen molar-refractivity contribution in [3.05, 3.63) is 65.4 Å². The van der Waals surface area contributed by atoms with Gasteiger partial charge in [-0.2, -0.15) is 5.26 Å². The number of nitriles is 1. The molecule has 0 saturated carbocycles. The Balaban J connectivity index is 2.05. The monoisotopic (exact) mass is 409 g/mol. The van der Waals surface area contributed by atoms with Gasteiger partial charge in [0.05, 0.1) is 27.4 Å². The molecule has 0 heterocycles. The van der Waals surface area contributed by atoms with E-state index in [-0.39, 0.29) is 17.7 Å². The van der Waals surface area contributed by atoms with Gasteiger partial charge < -0.3 is 24.8 Å². The van der Waals surface area contributed by atoms with Crippen LogP contribution in [0, 0.1) is 11.3 Å². The van der Waals surface area contributed by atoms with Crippen molar-refractivity contribution in [3.8, 4) is 23.3 Å². The maximum atomic E-state index is 12.5. The number of amides is 1. The molecule has 0 bridgehead atoms. The van der Waals surface area contributed by atoms with Gasteiger partial charge in [0, 0.05) is 12.2 Å². The fourth-order valence-corrected chi connectivity index (χ4v) is 2.83. The first kappa shape index (κ1) is 22.6. The number of nitrogens with zero attached hydrogens (tertiary/aromatic N) is 1. The predicted molar refractivity (Wildman–Crippen MR) is 114 cm³/mol. The van der Waals surface area contributed by atoms with Crippen LogP contribution in [0.1, 0.15) is 37.1 Å². The Morgan fingerprint density at radius 1 is 0.933 bits per heavy atom. The highest BCUT2D eigenvalue weighted by Gasteiger charge is 2.15. The summed E-state index contributed by atoms with van der Waals surface area (Å²) in [4.78, 5) is 12.5. The third-order valence-electron chi connectivity index (χ3n) is 4.71. The zero-order valence-electron chi connectivity index (χ0n) is 17.9. The minimum absolute atomic E-state index is 0.0114. The number of carbonyl (C=O) groups excluding carboxylic acids is 1. The van der Waals surface area contributed by atoms with E-state index in [2.05, 4.69) is 10.6 Å². The molecule has 0 aliphatic carbocycles. The number of methoxy groups -OCH3 is 3. The number of rotatable bonds is 9. The Morgan fingerprint density at radius 2 is 1.57 bits per heavy atom. The molecule has 0 aromatic heterocycles. The molecule has 7 heteroatoms. The third-order valence-corrected chi connectivity index (χ3v) is 4.71. The topological polar surface area (TPSA) is 92.6 Å². The second-order valence-corrected chi connectivity index (χ2v) is 6.64. The average molecular weight is 409 g/mol. The summed E-state index contributed by atoms with van der Waals surface area (Å²) in [6.07, 6.45) is 1.43. The highest BCUT2D eigenvalue weighted by atomic mass is 16.5. The normalized spacial score (nSPS) is 12.9. The zero-order chi connectivity index (χ0) is 22.1. The van der Waals surface area contributed by atoms with Crippen LogP contribution >= 0.6 is 0 Å². The van der Waals surface area contributed by atoms with Gasteiger partial charge >= 0.3 is 0 Å². The summed E-state index contributed by atoms with van der Waals surface area (Å²) < 4.78 is 15.7. The number of ether oxygens (including phenoxy) is 3. The van der Waals surface area contributed by atoms with E-state index < -0.39 is 5.91 Å². The van der Waals surface area contributed by atoms with E-state index in [4.69, 9.17) is 14.2 Å². The van der Waals surface area contributed by atoms with Gasteiger partial charge in [0.2, 0.25) is 0 Å². The molecule has 2 aromatic carbocycles. The number of benzene rings is 2. The number of nitrogens with one attached hydrogen (secondary N) is 2. The fraction of sp³-hybridized carbons (Fsp3) is 0.304. The van der Waals surface area contributed by atoms with Gasteiger partial charge in [-0.15, -0.1) is 0 Å². The van der Waals surface area contributed by atoms with Gasteiger partial charge in [0.15, 0.2) is 11.5 Å². The quantitative estimate of drug-likeness (QED) is 0.485. The first-order chi connectivity index (χ1) is 14.4. The summed E-state index contributed by atoms with van der Waals surface area (Å²) in [5.74, 6) is 1.53. The van der Waals surface area contributed by atoms with E-state index in [0.29, 0.717) is 11.5 Å². The Morgan fingerprint density at radius 3 is 2.13 bits per heavy atom. The minimum Gasteiger partial charge on any atom is -0.497 e. The Labute approximate surface area is 177 Å². The molecule has 30 heavy (non-hydrogen) atoms. The lowest BCUT2D eigenvalue weighted by molar-refractivity contribution is -0.117. The number of carbonyl (C=O) groups is 1. The van der Waals surface area contributed by atoms with Crippen LogP contribution in [0.5, 0.6) is 17.2 Å². The molecule has 0 fully saturated rings. The lowest BCUT2D eigenvalue weighted by Gasteiger charge is -2.17. The second kappa shape index (κ2) is 10.8. The molecular formula is C23H27N3O4. The van der Waals surface area contributed by atoms with Gasteiger partial charge in [0.25, 0.3) is 5.91 Å². The first-order valence-electron chi connectivity index (χ1n) is 9.46. The molecule has 2 aromatic rings. The number of hydrogen-bond acceptors (Lipinski definition) is 6. The van der Waals surface area contributed by atoms with Gasteiger partial charge in [-0.05, 0) is 49.2 Å². The number of hydrogen-bond donors (Lipinski definition) is 2. The van der Waals surface area contributed by atoms with Gasteiger partial charge in [0.1, 0.15) is 17.4 Å². The van der Waals surface area contributed by atoms with Crippen LogP contribution in [0.3, 0.4) is 0 Å². The molecule has 2 unspecified atom stereocenters.